The first-order valence-corrected chi connectivity index (χ1v) is 4.61. The molecule has 0 unspecified atom stereocenters. The maximum absolute atomic E-state index is 10.4. The maximum Gasteiger partial charge on any atom is 0.305 e. The van der Waals surface area contributed by atoms with E-state index in [1.807, 2.05) is 11.9 Å². The predicted molar refractivity (Wildman–Crippen MR) is 57.4 cm³/mol. The van der Waals surface area contributed by atoms with E-state index < -0.39 is 5.97 Å². The standard InChI is InChI=1S/C11H13NO3/c1-12(7-6-11(14)15)10-4-2-9(8-13)3-5-10/h2-5,8H,6-7H2,1H3,(H,14,15). The molecule has 1 aromatic carbocycles. The topological polar surface area (TPSA) is 57.6 Å². The number of carboxylic acid groups (broad SMARTS) is 1. The van der Waals surface area contributed by atoms with Gasteiger partial charge in [0.15, 0.2) is 0 Å². The van der Waals surface area contributed by atoms with E-state index in [1.54, 1.807) is 24.3 Å². The molecule has 80 valence electrons. The van der Waals surface area contributed by atoms with Gasteiger partial charge in [-0.1, -0.05) is 0 Å². The molecule has 0 aliphatic heterocycles. The minimum Gasteiger partial charge on any atom is -0.481 e. The Hall–Kier alpha value is -1.84. The Kier molecular flexibility index (Phi) is 3.85. The lowest BCUT2D eigenvalue weighted by Crippen LogP contribution is -2.20. The molecule has 0 saturated heterocycles. The van der Waals surface area contributed by atoms with Gasteiger partial charge in [0.05, 0.1) is 6.42 Å². The molecule has 4 nitrogen and oxygen atoms in total. The van der Waals surface area contributed by atoms with Crippen LogP contribution in [0.5, 0.6) is 0 Å². The van der Waals surface area contributed by atoms with E-state index >= 15 is 0 Å². The zero-order valence-electron chi connectivity index (χ0n) is 8.51. The van der Waals surface area contributed by atoms with Crippen molar-refractivity contribution >= 4 is 17.9 Å². The minimum absolute atomic E-state index is 0.103. The third-order valence-electron chi connectivity index (χ3n) is 2.13. The molecule has 0 heterocycles. The quantitative estimate of drug-likeness (QED) is 0.742. The van der Waals surface area contributed by atoms with Gasteiger partial charge in [-0.15, -0.1) is 0 Å². The molecule has 0 amide bonds. The number of hydrogen-bond donors (Lipinski definition) is 1. The highest BCUT2D eigenvalue weighted by molar-refractivity contribution is 5.75. The zero-order chi connectivity index (χ0) is 11.3. The Bertz CT molecular complexity index is 345. The molecule has 0 spiro atoms. The van der Waals surface area contributed by atoms with Gasteiger partial charge in [-0.25, -0.2) is 0 Å². The van der Waals surface area contributed by atoms with Gasteiger partial charge < -0.3 is 10.0 Å². The number of carbonyl (C=O) groups is 2. The van der Waals surface area contributed by atoms with Crippen molar-refractivity contribution in [2.24, 2.45) is 0 Å². The molecule has 0 saturated carbocycles. The van der Waals surface area contributed by atoms with Crippen molar-refractivity contribution in [1.82, 2.24) is 0 Å². The molecular weight excluding hydrogens is 194 g/mol. The summed E-state index contributed by atoms with van der Waals surface area (Å²) in [7, 11) is 1.82. The Morgan fingerprint density at radius 1 is 1.40 bits per heavy atom. The van der Waals surface area contributed by atoms with E-state index in [4.69, 9.17) is 5.11 Å². The second-order valence-corrected chi connectivity index (χ2v) is 3.27. The van der Waals surface area contributed by atoms with Crippen molar-refractivity contribution in [3.63, 3.8) is 0 Å². The zero-order valence-corrected chi connectivity index (χ0v) is 8.51. The number of benzene rings is 1. The average Bonchev–Trinajstić information content (AvgIpc) is 2.26. The van der Waals surface area contributed by atoms with Gasteiger partial charge in [-0.2, -0.15) is 0 Å². The molecule has 0 aromatic heterocycles. The molecule has 0 aliphatic carbocycles. The van der Waals surface area contributed by atoms with E-state index in [0.29, 0.717) is 12.1 Å². The van der Waals surface area contributed by atoms with Crippen LogP contribution in [-0.4, -0.2) is 31.0 Å². The van der Waals surface area contributed by atoms with Crippen molar-refractivity contribution in [2.45, 2.75) is 6.42 Å². The molecule has 0 aliphatic rings. The first-order valence-electron chi connectivity index (χ1n) is 4.61. The van der Waals surface area contributed by atoms with Crippen LogP contribution >= 0.6 is 0 Å². The minimum atomic E-state index is -0.814. The van der Waals surface area contributed by atoms with Crippen LogP contribution in [0.2, 0.25) is 0 Å². The van der Waals surface area contributed by atoms with Crippen molar-refractivity contribution in [1.29, 1.82) is 0 Å². The fraction of sp³-hybridized carbons (Fsp3) is 0.273. The SMILES string of the molecule is CN(CCC(=O)O)c1ccc(C=O)cc1. The van der Waals surface area contributed by atoms with Crippen LogP contribution in [0, 0.1) is 0 Å². The first-order chi connectivity index (χ1) is 7.13. The monoisotopic (exact) mass is 207 g/mol. The van der Waals surface area contributed by atoms with Crippen molar-refractivity contribution in [3.8, 4) is 0 Å². The second kappa shape index (κ2) is 5.14. The van der Waals surface area contributed by atoms with Crippen LogP contribution < -0.4 is 4.90 Å². The summed E-state index contributed by atoms with van der Waals surface area (Å²) in [5.74, 6) is -0.814. The molecule has 1 aromatic rings. The van der Waals surface area contributed by atoms with Crippen molar-refractivity contribution in [2.75, 3.05) is 18.5 Å². The van der Waals surface area contributed by atoms with Crippen LogP contribution in [0.1, 0.15) is 16.8 Å². The first kappa shape index (κ1) is 11.2. The summed E-state index contributed by atoms with van der Waals surface area (Å²) in [5.41, 5.74) is 1.52. The van der Waals surface area contributed by atoms with E-state index in [0.717, 1.165) is 12.0 Å². The molecule has 0 fully saturated rings. The molecule has 0 radical (unpaired) electrons. The van der Waals surface area contributed by atoms with Gasteiger partial charge in [0.2, 0.25) is 0 Å². The summed E-state index contributed by atoms with van der Waals surface area (Å²) in [4.78, 5) is 22.6. The predicted octanol–water partition coefficient (Wildman–Crippen LogP) is 1.41. The van der Waals surface area contributed by atoms with Crippen LogP contribution in [-0.2, 0) is 4.79 Å². The van der Waals surface area contributed by atoms with Crippen LogP contribution in [0.3, 0.4) is 0 Å². The summed E-state index contributed by atoms with van der Waals surface area (Å²) >= 11 is 0. The van der Waals surface area contributed by atoms with Gasteiger partial charge in [-0.05, 0) is 24.3 Å². The number of anilines is 1. The van der Waals surface area contributed by atoms with E-state index in [9.17, 15) is 9.59 Å². The summed E-state index contributed by atoms with van der Waals surface area (Å²) in [6.45, 7) is 0.454. The number of aldehydes is 1. The third kappa shape index (κ3) is 3.42. The van der Waals surface area contributed by atoms with Gasteiger partial charge >= 0.3 is 5.97 Å². The van der Waals surface area contributed by atoms with Crippen LogP contribution in [0.15, 0.2) is 24.3 Å². The third-order valence-corrected chi connectivity index (χ3v) is 2.13. The number of aliphatic carboxylic acids is 1. The van der Waals surface area contributed by atoms with E-state index in [1.165, 1.54) is 0 Å². The Labute approximate surface area is 88.1 Å². The second-order valence-electron chi connectivity index (χ2n) is 3.27. The highest BCUT2D eigenvalue weighted by Crippen LogP contribution is 2.12. The smallest absolute Gasteiger partial charge is 0.305 e. The van der Waals surface area contributed by atoms with Gasteiger partial charge in [0.1, 0.15) is 6.29 Å². The van der Waals surface area contributed by atoms with Gasteiger partial charge in [0, 0.05) is 24.8 Å². The molecular formula is C11H13NO3. The number of rotatable bonds is 5. The fourth-order valence-electron chi connectivity index (χ4n) is 1.20. The molecule has 0 bridgehead atoms. The lowest BCUT2D eigenvalue weighted by Gasteiger charge is -2.17. The van der Waals surface area contributed by atoms with E-state index in [2.05, 4.69) is 0 Å². The van der Waals surface area contributed by atoms with Crippen LogP contribution in [0.4, 0.5) is 5.69 Å². The average molecular weight is 207 g/mol. The Morgan fingerprint density at radius 3 is 2.47 bits per heavy atom. The summed E-state index contributed by atoms with van der Waals surface area (Å²) in [6, 6.07) is 7.01. The number of hydrogen-bond acceptors (Lipinski definition) is 3. The molecule has 1 N–H and O–H groups in total. The number of carbonyl (C=O) groups excluding carboxylic acids is 1. The van der Waals surface area contributed by atoms with E-state index in [-0.39, 0.29) is 6.42 Å². The lowest BCUT2D eigenvalue weighted by molar-refractivity contribution is -0.136. The Balaban J connectivity index is 2.61. The summed E-state index contributed by atoms with van der Waals surface area (Å²) < 4.78 is 0. The molecule has 0 atom stereocenters. The normalized spacial score (nSPS) is 9.67. The van der Waals surface area contributed by atoms with Crippen LogP contribution in [0.25, 0.3) is 0 Å². The fourth-order valence-corrected chi connectivity index (χ4v) is 1.20. The van der Waals surface area contributed by atoms with Gasteiger partial charge in [-0.3, -0.25) is 9.59 Å². The van der Waals surface area contributed by atoms with Crippen molar-refractivity contribution in [3.05, 3.63) is 29.8 Å². The summed E-state index contributed by atoms with van der Waals surface area (Å²) in [6.07, 6.45) is 0.882. The lowest BCUT2D eigenvalue weighted by atomic mass is 10.2. The summed E-state index contributed by atoms with van der Waals surface area (Å²) in [5, 5.41) is 8.52. The van der Waals surface area contributed by atoms with Gasteiger partial charge in [0.25, 0.3) is 0 Å². The van der Waals surface area contributed by atoms with Crippen molar-refractivity contribution < 1.29 is 14.7 Å². The molecule has 15 heavy (non-hydrogen) atoms. The molecule has 4 heteroatoms. The highest BCUT2D eigenvalue weighted by atomic mass is 16.4. The number of nitrogens with zero attached hydrogens (tertiary/aromatic N) is 1. The molecule has 1 rings (SSSR count). The highest BCUT2D eigenvalue weighted by Gasteiger charge is 2.03. The largest absolute Gasteiger partial charge is 0.481 e. The number of carboxylic acids is 1. The Morgan fingerprint density at radius 2 is 2.00 bits per heavy atom. The maximum atomic E-state index is 10.4.